The van der Waals surface area contributed by atoms with Gasteiger partial charge in [-0.05, 0) is 35.9 Å². The van der Waals surface area contributed by atoms with Crippen molar-refractivity contribution >= 4 is 40.4 Å². The van der Waals surface area contributed by atoms with E-state index < -0.39 is 5.91 Å². The zero-order valence-electron chi connectivity index (χ0n) is 14.7. The molecule has 0 fully saturated rings. The minimum Gasteiger partial charge on any atom is -0.351 e. The highest BCUT2D eigenvalue weighted by Gasteiger charge is 2.10. The summed E-state index contributed by atoms with van der Waals surface area (Å²) < 4.78 is 0. The third-order valence-electron chi connectivity index (χ3n) is 3.83. The van der Waals surface area contributed by atoms with Gasteiger partial charge >= 0.3 is 0 Å². The van der Waals surface area contributed by atoms with Gasteiger partial charge < -0.3 is 15.6 Å². The molecule has 0 saturated heterocycles. The minimum atomic E-state index is -0.520. The molecule has 3 aromatic rings. The Balaban J connectivity index is 1.48. The van der Waals surface area contributed by atoms with Crippen molar-refractivity contribution in [2.45, 2.75) is 0 Å². The van der Waals surface area contributed by atoms with Crippen LogP contribution in [0.4, 0.5) is 0 Å². The minimum absolute atomic E-state index is 0.0716. The van der Waals surface area contributed by atoms with Crippen LogP contribution in [0.15, 0.2) is 59.4 Å². The number of carbonyl (C=O) groups excluding carboxylic acids is 2. The standard InChI is InChI=1S/C20H17ClN4O3/c21-14-8-5-13(6-9-14)7-10-17(26)22-11-12-23-20(28)18-24-16-4-2-1-3-15(16)19(27)25-18/h1-10H,11-12H2,(H,22,26)(H,23,28)(H,24,25,27)/b10-7+. The summed E-state index contributed by atoms with van der Waals surface area (Å²) in [5, 5.41) is 6.29. The van der Waals surface area contributed by atoms with E-state index in [1.165, 1.54) is 6.08 Å². The van der Waals surface area contributed by atoms with Crippen LogP contribution in [-0.4, -0.2) is 34.9 Å². The molecule has 7 nitrogen and oxygen atoms in total. The van der Waals surface area contributed by atoms with Gasteiger partial charge in [0, 0.05) is 24.2 Å². The predicted octanol–water partition coefficient (Wildman–Crippen LogP) is 2.14. The van der Waals surface area contributed by atoms with E-state index in [0.29, 0.717) is 15.9 Å². The Bertz CT molecular complexity index is 1090. The van der Waals surface area contributed by atoms with Gasteiger partial charge in [-0.2, -0.15) is 0 Å². The Morgan fingerprint density at radius 1 is 1.04 bits per heavy atom. The molecule has 3 rings (SSSR count). The monoisotopic (exact) mass is 396 g/mol. The molecule has 0 saturated carbocycles. The lowest BCUT2D eigenvalue weighted by Crippen LogP contribution is -2.35. The molecule has 0 aliphatic carbocycles. The molecule has 2 amide bonds. The summed E-state index contributed by atoms with van der Waals surface area (Å²) in [6.07, 6.45) is 3.06. The number of nitrogens with one attached hydrogen (secondary N) is 3. The molecule has 3 N–H and O–H groups in total. The van der Waals surface area contributed by atoms with Crippen molar-refractivity contribution in [1.29, 1.82) is 0 Å². The van der Waals surface area contributed by atoms with Crippen molar-refractivity contribution in [3.8, 4) is 0 Å². The largest absolute Gasteiger partial charge is 0.351 e. The highest BCUT2D eigenvalue weighted by atomic mass is 35.5. The van der Waals surface area contributed by atoms with Crippen LogP contribution in [0.3, 0.4) is 0 Å². The van der Waals surface area contributed by atoms with Crippen LogP contribution in [0.2, 0.25) is 5.02 Å². The Morgan fingerprint density at radius 3 is 2.54 bits per heavy atom. The smallest absolute Gasteiger partial charge is 0.287 e. The maximum Gasteiger partial charge on any atom is 0.287 e. The fraction of sp³-hybridized carbons (Fsp3) is 0.100. The van der Waals surface area contributed by atoms with Crippen LogP contribution < -0.4 is 16.2 Å². The lowest BCUT2D eigenvalue weighted by molar-refractivity contribution is -0.116. The van der Waals surface area contributed by atoms with Gasteiger partial charge in [0.2, 0.25) is 5.91 Å². The molecule has 2 aromatic carbocycles. The maximum atomic E-state index is 12.1. The van der Waals surface area contributed by atoms with Gasteiger partial charge in [0.1, 0.15) is 0 Å². The highest BCUT2D eigenvalue weighted by molar-refractivity contribution is 6.30. The summed E-state index contributed by atoms with van der Waals surface area (Å²) in [4.78, 5) is 42.5. The molecule has 0 aliphatic heterocycles. The topological polar surface area (TPSA) is 104 Å². The molecule has 0 spiro atoms. The van der Waals surface area contributed by atoms with Crippen molar-refractivity contribution < 1.29 is 9.59 Å². The van der Waals surface area contributed by atoms with E-state index in [0.717, 1.165) is 5.56 Å². The number of para-hydroxylation sites is 1. The Morgan fingerprint density at radius 2 is 1.75 bits per heavy atom. The van der Waals surface area contributed by atoms with Crippen molar-refractivity contribution in [2.75, 3.05) is 13.1 Å². The second-order valence-corrected chi connectivity index (χ2v) is 6.30. The molecule has 0 radical (unpaired) electrons. The van der Waals surface area contributed by atoms with Gasteiger partial charge in [0.15, 0.2) is 5.82 Å². The first kappa shape index (κ1) is 19.3. The summed E-state index contributed by atoms with van der Waals surface area (Å²) in [7, 11) is 0. The van der Waals surface area contributed by atoms with Gasteiger partial charge in [0.05, 0.1) is 10.9 Å². The first-order valence-corrected chi connectivity index (χ1v) is 8.89. The molecule has 142 valence electrons. The average Bonchev–Trinajstić information content (AvgIpc) is 2.70. The van der Waals surface area contributed by atoms with Gasteiger partial charge in [-0.3, -0.25) is 14.4 Å². The quantitative estimate of drug-likeness (QED) is 0.438. The molecule has 0 unspecified atom stereocenters. The number of hydrogen-bond acceptors (Lipinski definition) is 4. The first-order chi connectivity index (χ1) is 13.5. The molecule has 1 heterocycles. The lowest BCUT2D eigenvalue weighted by Gasteiger charge is -2.06. The number of fused-ring (bicyclic) bond motifs is 1. The van der Waals surface area contributed by atoms with Crippen molar-refractivity contribution in [3.05, 3.63) is 81.4 Å². The van der Waals surface area contributed by atoms with E-state index in [1.54, 1.807) is 54.6 Å². The second kappa shape index (κ2) is 8.96. The Kier molecular flexibility index (Phi) is 6.18. The predicted molar refractivity (Wildman–Crippen MR) is 108 cm³/mol. The first-order valence-electron chi connectivity index (χ1n) is 8.52. The average molecular weight is 397 g/mol. The molecule has 0 atom stereocenters. The summed E-state index contributed by atoms with van der Waals surface area (Å²) in [5.74, 6) is -0.882. The zero-order valence-corrected chi connectivity index (χ0v) is 15.5. The molecule has 8 heteroatoms. The molecule has 0 aliphatic rings. The third kappa shape index (κ3) is 5.05. The number of halogens is 1. The van der Waals surface area contributed by atoms with Crippen LogP contribution in [0.5, 0.6) is 0 Å². The molecular formula is C20H17ClN4O3. The number of nitrogens with zero attached hydrogens (tertiary/aromatic N) is 1. The van der Waals surface area contributed by atoms with Gasteiger partial charge in [-0.25, -0.2) is 4.98 Å². The third-order valence-corrected chi connectivity index (χ3v) is 4.09. The fourth-order valence-electron chi connectivity index (χ4n) is 2.44. The summed E-state index contributed by atoms with van der Waals surface area (Å²) in [6.45, 7) is 0.420. The zero-order chi connectivity index (χ0) is 19.9. The lowest BCUT2D eigenvalue weighted by atomic mass is 10.2. The number of carbonyl (C=O) groups is 2. The molecule has 0 bridgehead atoms. The number of aromatic amines is 1. The van der Waals surface area contributed by atoms with Gasteiger partial charge in [-0.15, -0.1) is 0 Å². The Labute approximate surface area is 165 Å². The number of benzene rings is 2. The van der Waals surface area contributed by atoms with E-state index in [-0.39, 0.29) is 30.4 Å². The fourth-order valence-corrected chi connectivity index (χ4v) is 2.57. The van der Waals surface area contributed by atoms with E-state index in [1.807, 2.05) is 0 Å². The van der Waals surface area contributed by atoms with E-state index in [2.05, 4.69) is 20.6 Å². The van der Waals surface area contributed by atoms with E-state index >= 15 is 0 Å². The van der Waals surface area contributed by atoms with Gasteiger partial charge in [-0.1, -0.05) is 35.9 Å². The number of aromatic nitrogens is 2. The number of amides is 2. The van der Waals surface area contributed by atoms with Crippen LogP contribution in [0.25, 0.3) is 17.0 Å². The summed E-state index contributed by atoms with van der Waals surface area (Å²) >= 11 is 5.80. The number of rotatable bonds is 6. The van der Waals surface area contributed by atoms with Gasteiger partial charge in [0.25, 0.3) is 11.5 Å². The maximum absolute atomic E-state index is 12.1. The van der Waals surface area contributed by atoms with Crippen LogP contribution in [-0.2, 0) is 4.79 Å². The molecular weight excluding hydrogens is 380 g/mol. The molecule has 1 aromatic heterocycles. The summed E-state index contributed by atoms with van der Waals surface area (Å²) in [5.41, 5.74) is 0.910. The number of H-pyrrole nitrogens is 1. The SMILES string of the molecule is O=C(/C=C/c1ccc(Cl)cc1)NCCNC(=O)c1nc2ccccc2c(=O)[nH]1. The van der Waals surface area contributed by atoms with Crippen molar-refractivity contribution in [3.63, 3.8) is 0 Å². The van der Waals surface area contributed by atoms with E-state index in [4.69, 9.17) is 11.6 Å². The van der Waals surface area contributed by atoms with Crippen LogP contribution >= 0.6 is 11.6 Å². The number of hydrogen-bond donors (Lipinski definition) is 3. The molecule has 28 heavy (non-hydrogen) atoms. The Hall–Kier alpha value is -3.45. The van der Waals surface area contributed by atoms with Crippen LogP contribution in [0, 0.1) is 0 Å². The second-order valence-electron chi connectivity index (χ2n) is 5.86. The summed E-state index contributed by atoms with van der Waals surface area (Å²) in [6, 6.07) is 13.8. The highest BCUT2D eigenvalue weighted by Crippen LogP contribution is 2.10. The van der Waals surface area contributed by atoms with Crippen molar-refractivity contribution in [1.82, 2.24) is 20.6 Å². The normalized spacial score (nSPS) is 10.9. The van der Waals surface area contributed by atoms with E-state index in [9.17, 15) is 14.4 Å². The van der Waals surface area contributed by atoms with Crippen LogP contribution in [0.1, 0.15) is 16.2 Å². The van der Waals surface area contributed by atoms with Crippen molar-refractivity contribution in [2.24, 2.45) is 0 Å².